The molecule has 0 unspecified atom stereocenters. The van der Waals surface area contributed by atoms with Crippen molar-refractivity contribution in [3.05, 3.63) is 53.1 Å². The minimum absolute atomic E-state index is 0.0448. The Morgan fingerprint density at radius 1 is 1.38 bits per heavy atom. The molecule has 0 bridgehead atoms. The summed E-state index contributed by atoms with van der Waals surface area (Å²) in [5, 5.41) is 0.292. The summed E-state index contributed by atoms with van der Waals surface area (Å²) in [4.78, 5) is 21.2. The lowest BCUT2D eigenvalue weighted by Crippen LogP contribution is -2.44. The van der Waals surface area contributed by atoms with Gasteiger partial charge in [0, 0.05) is 43.5 Å². The first-order valence-corrected chi connectivity index (χ1v) is 10.3. The summed E-state index contributed by atoms with van der Waals surface area (Å²) in [7, 11) is 1.80. The highest BCUT2D eigenvalue weighted by Gasteiger charge is 2.25. The molecule has 1 aliphatic rings. The number of carbonyl (C=O) groups is 1. The van der Waals surface area contributed by atoms with E-state index in [2.05, 4.69) is 23.7 Å². The van der Waals surface area contributed by atoms with Crippen LogP contribution >= 0.6 is 11.6 Å². The zero-order chi connectivity index (χ0) is 21.0. The molecule has 1 fully saturated rings. The normalized spacial score (nSPS) is 17.4. The Bertz CT molecular complexity index is 862. The van der Waals surface area contributed by atoms with Crippen molar-refractivity contribution in [1.82, 2.24) is 14.8 Å². The zero-order valence-electron chi connectivity index (χ0n) is 17.1. The van der Waals surface area contributed by atoms with Crippen molar-refractivity contribution < 1.29 is 13.9 Å². The highest BCUT2D eigenvalue weighted by Crippen LogP contribution is 2.27. The van der Waals surface area contributed by atoms with Crippen LogP contribution in [0.3, 0.4) is 0 Å². The molecule has 0 N–H and O–H groups in total. The fourth-order valence-corrected chi connectivity index (χ4v) is 3.82. The number of likely N-dealkylation sites (tertiary alicyclic amines) is 1. The first kappa shape index (κ1) is 21.5. The van der Waals surface area contributed by atoms with Crippen LogP contribution in [0, 0.1) is 11.7 Å². The minimum Gasteiger partial charge on any atom is -0.454 e. The van der Waals surface area contributed by atoms with E-state index in [9.17, 15) is 9.18 Å². The standard InChI is InChI=1S/C22H27ClFN3O2/c1-15(2)27-10-4-5-16(14-27)13-26(3)22(28)20-12-18(8-9-25-20)29-21-7-6-17(23)11-19(21)24/h6-9,11-12,15-16H,4-5,10,13-14H2,1-3H3/t16-/m1/s1. The van der Waals surface area contributed by atoms with Crippen LogP contribution in [0.4, 0.5) is 4.39 Å². The van der Waals surface area contributed by atoms with Crippen LogP contribution in [0.5, 0.6) is 11.5 Å². The van der Waals surface area contributed by atoms with Crippen LogP contribution in [0.2, 0.25) is 5.02 Å². The van der Waals surface area contributed by atoms with Gasteiger partial charge < -0.3 is 14.5 Å². The fourth-order valence-electron chi connectivity index (χ4n) is 3.66. The lowest BCUT2D eigenvalue weighted by molar-refractivity contribution is 0.0703. The summed E-state index contributed by atoms with van der Waals surface area (Å²) < 4.78 is 19.5. The summed E-state index contributed by atoms with van der Waals surface area (Å²) in [5.74, 6) is 0.104. The highest BCUT2D eigenvalue weighted by molar-refractivity contribution is 6.30. The van der Waals surface area contributed by atoms with E-state index in [0.717, 1.165) is 25.9 Å². The maximum Gasteiger partial charge on any atom is 0.272 e. The average Bonchev–Trinajstić information content (AvgIpc) is 2.70. The third kappa shape index (κ3) is 5.67. The third-order valence-corrected chi connectivity index (χ3v) is 5.47. The maximum atomic E-state index is 14.0. The molecule has 5 nitrogen and oxygen atoms in total. The molecule has 29 heavy (non-hydrogen) atoms. The van der Waals surface area contributed by atoms with Crippen LogP contribution in [-0.2, 0) is 0 Å². The van der Waals surface area contributed by atoms with Gasteiger partial charge in [0.1, 0.15) is 11.4 Å². The summed E-state index contributed by atoms with van der Waals surface area (Å²) in [5.41, 5.74) is 0.274. The quantitative estimate of drug-likeness (QED) is 0.670. The van der Waals surface area contributed by atoms with E-state index in [4.69, 9.17) is 16.3 Å². The number of pyridine rings is 1. The zero-order valence-corrected chi connectivity index (χ0v) is 17.8. The maximum absolute atomic E-state index is 14.0. The second-order valence-electron chi connectivity index (χ2n) is 7.84. The Hall–Kier alpha value is -2.18. The van der Waals surface area contributed by atoms with E-state index in [1.54, 1.807) is 24.1 Å². The molecular weight excluding hydrogens is 393 g/mol. The minimum atomic E-state index is -0.564. The molecule has 1 aromatic heterocycles. The largest absolute Gasteiger partial charge is 0.454 e. The Balaban J connectivity index is 1.65. The predicted molar refractivity (Wildman–Crippen MR) is 112 cm³/mol. The number of aromatic nitrogens is 1. The fraction of sp³-hybridized carbons (Fsp3) is 0.455. The molecule has 0 spiro atoms. The van der Waals surface area contributed by atoms with Crippen LogP contribution in [0.15, 0.2) is 36.5 Å². The molecule has 0 radical (unpaired) electrons. The molecule has 1 aliphatic heterocycles. The van der Waals surface area contributed by atoms with Gasteiger partial charge in [-0.25, -0.2) is 4.39 Å². The first-order chi connectivity index (χ1) is 13.8. The van der Waals surface area contributed by atoms with Crippen molar-refractivity contribution in [2.75, 3.05) is 26.7 Å². The van der Waals surface area contributed by atoms with Crippen LogP contribution in [0.25, 0.3) is 0 Å². The predicted octanol–water partition coefficient (Wildman–Crippen LogP) is 4.86. The number of amides is 1. The van der Waals surface area contributed by atoms with Crippen LogP contribution in [0.1, 0.15) is 37.2 Å². The van der Waals surface area contributed by atoms with Gasteiger partial charge >= 0.3 is 0 Å². The monoisotopic (exact) mass is 419 g/mol. The van der Waals surface area contributed by atoms with E-state index in [1.165, 1.54) is 24.4 Å². The summed E-state index contributed by atoms with van der Waals surface area (Å²) in [6.07, 6.45) is 3.76. The lowest BCUT2D eigenvalue weighted by atomic mass is 9.96. The van der Waals surface area contributed by atoms with Crippen molar-refractivity contribution in [2.24, 2.45) is 5.92 Å². The summed E-state index contributed by atoms with van der Waals surface area (Å²) in [6.45, 7) is 7.21. The van der Waals surface area contributed by atoms with Crippen molar-refractivity contribution in [2.45, 2.75) is 32.7 Å². The molecule has 7 heteroatoms. The molecule has 2 aromatic rings. The molecule has 0 aliphatic carbocycles. The number of halogens is 2. The van der Waals surface area contributed by atoms with E-state index in [1.807, 2.05) is 0 Å². The summed E-state index contributed by atoms with van der Waals surface area (Å²) in [6, 6.07) is 7.83. The SMILES string of the molecule is CC(C)N1CCC[C@H](CN(C)C(=O)c2cc(Oc3ccc(Cl)cc3F)ccn2)C1. The first-order valence-electron chi connectivity index (χ1n) is 9.92. The third-order valence-electron chi connectivity index (χ3n) is 5.23. The smallest absolute Gasteiger partial charge is 0.272 e. The Morgan fingerprint density at radius 3 is 2.90 bits per heavy atom. The number of carbonyl (C=O) groups excluding carboxylic acids is 1. The van der Waals surface area contributed by atoms with Crippen molar-refractivity contribution >= 4 is 17.5 Å². The molecule has 1 atom stereocenters. The van der Waals surface area contributed by atoms with E-state index in [0.29, 0.717) is 29.3 Å². The van der Waals surface area contributed by atoms with Crippen molar-refractivity contribution in [3.63, 3.8) is 0 Å². The Kier molecular flexibility index (Phi) is 7.09. The number of nitrogens with zero attached hydrogens (tertiary/aromatic N) is 3. The van der Waals surface area contributed by atoms with Gasteiger partial charge in [0.15, 0.2) is 11.6 Å². The van der Waals surface area contributed by atoms with Gasteiger partial charge in [-0.05, 0) is 63.4 Å². The van der Waals surface area contributed by atoms with Crippen molar-refractivity contribution in [3.8, 4) is 11.5 Å². The molecule has 0 saturated carbocycles. The topological polar surface area (TPSA) is 45.7 Å². The molecule has 1 saturated heterocycles. The molecule has 2 heterocycles. The van der Waals surface area contributed by atoms with Gasteiger partial charge in [-0.2, -0.15) is 0 Å². The van der Waals surface area contributed by atoms with Gasteiger partial charge in [-0.1, -0.05) is 11.6 Å². The van der Waals surface area contributed by atoms with E-state index in [-0.39, 0.29) is 17.4 Å². The van der Waals surface area contributed by atoms with E-state index >= 15 is 0 Å². The Labute approximate surface area is 176 Å². The molecule has 156 valence electrons. The molecular formula is C22H27ClFN3O2. The van der Waals surface area contributed by atoms with E-state index < -0.39 is 5.82 Å². The lowest BCUT2D eigenvalue weighted by Gasteiger charge is -2.36. The summed E-state index contributed by atoms with van der Waals surface area (Å²) >= 11 is 5.77. The highest BCUT2D eigenvalue weighted by atomic mass is 35.5. The average molecular weight is 420 g/mol. The second-order valence-corrected chi connectivity index (χ2v) is 8.27. The number of piperidine rings is 1. The number of hydrogen-bond acceptors (Lipinski definition) is 4. The number of hydrogen-bond donors (Lipinski definition) is 0. The van der Waals surface area contributed by atoms with Gasteiger partial charge in [-0.15, -0.1) is 0 Å². The van der Waals surface area contributed by atoms with Crippen molar-refractivity contribution in [1.29, 1.82) is 0 Å². The van der Waals surface area contributed by atoms with Gasteiger partial charge in [0.05, 0.1) is 0 Å². The number of benzene rings is 1. The van der Waals surface area contributed by atoms with Gasteiger partial charge in [0.25, 0.3) is 5.91 Å². The molecule has 1 amide bonds. The number of ether oxygens (including phenoxy) is 1. The second kappa shape index (κ2) is 9.55. The molecule has 3 rings (SSSR count). The van der Waals surface area contributed by atoms with Gasteiger partial charge in [0.2, 0.25) is 0 Å². The Morgan fingerprint density at radius 2 is 2.17 bits per heavy atom. The van der Waals surface area contributed by atoms with Crippen LogP contribution < -0.4 is 4.74 Å². The van der Waals surface area contributed by atoms with Gasteiger partial charge in [-0.3, -0.25) is 9.78 Å². The molecule has 1 aromatic carbocycles. The van der Waals surface area contributed by atoms with Crippen LogP contribution in [-0.4, -0.2) is 53.4 Å². The number of rotatable bonds is 6.